The van der Waals surface area contributed by atoms with Crippen molar-refractivity contribution < 1.29 is 14.3 Å². The van der Waals surface area contributed by atoms with E-state index in [9.17, 15) is 4.79 Å². The summed E-state index contributed by atoms with van der Waals surface area (Å²) in [4.78, 5) is 16.7. The summed E-state index contributed by atoms with van der Waals surface area (Å²) in [5.41, 5.74) is 2.51. The molecule has 0 aromatic heterocycles. The Hall–Kier alpha value is -2.13. The van der Waals surface area contributed by atoms with Crippen LogP contribution in [0, 0.1) is 0 Å². The molecule has 0 saturated carbocycles. The maximum absolute atomic E-state index is 12.4. The van der Waals surface area contributed by atoms with E-state index in [1.165, 1.54) is 6.42 Å². The quantitative estimate of drug-likeness (QED) is 0.263. The number of halogens is 1. The lowest BCUT2D eigenvalue weighted by Gasteiger charge is -2.22. The Morgan fingerprint density at radius 1 is 1.13 bits per heavy atom. The Kier molecular flexibility index (Phi) is 8.09. The van der Waals surface area contributed by atoms with Crippen molar-refractivity contribution in [3.05, 3.63) is 71.3 Å². The SMILES string of the molecule is CN=C(NCc1cccc(C(=O)OCc2ccccc2)c1)NC1CC2CCC1O2.I. The molecular formula is C23H28IN3O3. The van der Waals surface area contributed by atoms with E-state index in [-0.39, 0.29) is 36.6 Å². The lowest BCUT2D eigenvalue weighted by atomic mass is 9.96. The molecule has 0 radical (unpaired) electrons. The standard InChI is InChI=1S/C23H27N3O3.HI/c1-24-23(26-20-13-19-10-11-21(20)29-19)25-14-17-8-5-9-18(12-17)22(27)28-15-16-6-3-2-4-7-16;/h2-9,12,19-21H,10-11,13-15H2,1H3,(H2,24,25,26);1H. The third-order valence-corrected chi connectivity index (χ3v) is 5.49. The van der Waals surface area contributed by atoms with Gasteiger partial charge in [-0.1, -0.05) is 42.5 Å². The molecule has 2 aromatic rings. The average Bonchev–Trinajstić information content (AvgIpc) is 3.39. The summed E-state index contributed by atoms with van der Waals surface area (Å²) in [6, 6.07) is 17.5. The molecule has 4 rings (SSSR count). The van der Waals surface area contributed by atoms with Gasteiger partial charge in [-0.05, 0) is 42.5 Å². The van der Waals surface area contributed by atoms with Crippen LogP contribution in [0.4, 0.5) is 0 Å². The number of guanidine groups is 1. The molecule has 2 aromatic carbocycles. The number of hydrogen-bond acceptors (Lipinski definition) is 4. The molecule has 30 heavy (non-hydrogen) atoms. The van der Waals surface area contributed by atoms with Crippen LogP contribution in [0.1, 0.15) is 40.7 Å². The van der Waals surface area contributed by atoms with Crippen molar-refractivity contribution in [2.45, 2.75) is 50.7 Å². The van der Waals surface area contributed by atoms with Crippen molar-refractivity contribution in [3.8, 4) is 0 Å². The summed E-state index contributed by atoms with van der Waals surface area (Å²) in [5, 5.41) is 6.79. The lowest BCUT2D eigenvalue weighted by Crippen LogP contribution is -2.47. The van der Waals surface area contributed by atoms with Gasteiger partial charge in [0.05, 0.1) is 23.8 Å². The molecule has 6 nitrogen and oxygen atoms in total. The molecule has 2 saturated heterocycles. The van der Waals surface area contributed by atoms with Crippen molar-refractivity contribution >= 4 is 35.9 Å². The molecule has 0 aliphatic carbocycles. The van der Waals surface area contributed by atoms with Crippen LogP contribution in [0.15, 0.2) is 59.6 Å². The number of carbonyl (C=O) groups excluding carboxylic acids is 1. The third-order valence-electron chi connectivity index (χ3n) is 5.49. The molecular weight excluding hydrogens is 493 g/mol. The van der Waals surface area contributed by atoms with Crippen LogP contribution in [0.5, 0.6) is 0 Å². The van der Waals surface area contributed by atoms with E-state index in [1.54, 1.807) is 13.1 Å². The van der Waals surface area contributed by atoms with Gasteiger partial charge in [-0.3, -0.25) is 4.99 Å². The van der Waals surface area contributed by atoms with Crippen molar-refractivity contribution in [1.29, 1.82) is 0 Å². The van der Waals surface area contributed by atoms with E-state index in [1.807, 2.05) is 48.5 Å². The first-order valence-electron chi connectivity index (χ1n) is 10.1. The van der Waals surface area contributed by atoms with Crippen LogP contribution in [0.25, 0.3) is 0 Å². The first kappa shape index (κ1) is 22.6. The molecule has 160 valence electrons. The molecule has 0 spiro atoms. The van der Waals surface area contributed by atoms with Gasteiger partial charge in [-0.2, -0.15) is 0 Å². The molecule has 0 amide bonds. The van der Waals surface area contributed by atoms with Gasteiger partial charge in [0.2, 0.25) is 0 Å². The number of hydrogen-bond donors (Lipinski definition) is 2. The maximum atomic E-state index is 12.4. The van der Waals surface area contributed by atoms with E-state index in [2.05, 4.69) is 15.6 Å². The minimum Gasteiger partial charge on any atom is -0.457 e. The molecule has 2 N–H and O–H groups in total. The topological polar surface area (TPSA) is 72.0 Å². The first-order valence-corrected chi connectivity index (χ1v) is 10.1. The highest BCUT2D eigenvalue weighted by atomic mass is 127. The zero-order chi connectivity index (χ0) is 20.1. The van der Waals surface area contributed by atoms with Gasteiger partial charge in [0.1, 0.15) is 6.61 Å². The van der Waals surface area contributed by atoms with Crippen molar-refractivity contribution in [2.24, 2.45) is 4.99 Å². The number of ether oxygens (including phenoxy) is 2. The van der Waals surface area contributed by atoms with Crippen LogP contribution in [0.3, 0.4) is 0 Å². The Morgan fingerprint density at radius 2 is 1.93 bits per heavy atom. The summed E-state index contributed by atoms with van der Waals surface area (Å²) in [6.07, 6.45) is 4.01. The largest absolute Gasteiger partial charge is 0.457 e. The summed E-state index contributed by atoms with van der Waals surface area (Å²) < 4.78 is 11.3. The van der Waals surface area contributed by atoms with E-state index in [0.29, 0.717) is 30.4 Å². The van der Waals surface area contributed by atoms with Gasteiger partial charge >= 0.3 is 5.97 Å². The van der Waals surface area contributed by atoms with E-state index in [0.717, 1.165) is 29.9 Å². The number of aliphatic imine (C=N–C) groups is 1. The van der Waals surface area contributed by atoms with E-state index >= 15 is 0 Å². The van der Waals surface area contributed by atoms with Crippen LogP contribution >= 0.6 is 24.0 Å². The van der Waals surface area contributed by atoms with Crippen LogP contribution < -0.4 is 10.6 Å². The van der Waals surface area contributed by atoms with Crippen molar-refractivity contribution in [2.75, 3.05) is 7.05 Å². The molecule has 3 atom stereocenters. The van der Waals surface area contributed by atoms with Gasteiger partial charge in [0.15, 0.2) is 5.96 Å². The molecule has 2 heterocycles. The fourth-order valence-corrected chi connectivity index (χ4v) is 3.96. The second-order valence-electron chi connectivity index (χ2n) is 7.55. The van der Waals surface area contributed by atoms with Crippen LogP contribution in [-0.4, -0.2) is 37.2 Å². The number of esters is 1. The molecule has 2 bridgehead atoms. The molecule has 2 aliphatic rings. The van der Waals surface area contributed by atoms with Crippen LogP contribution in [-0.2, 0) is 22.6 Å². The number of rotatable bonds is 6. The molecule has 2 fully saturated rings. The maximum Gasteiger partial charge on any atom is 0.338 e. The summed E-state index contributed by atoms with van der Waals surface area (Å²) >= 11 is 0. The van der Waals surface area contributed by atoms with Crippen molar-refractivity contribution in [1.82, 2.24) is 10.6 Å². The molecule has 7 heteroatoms. The van der Waals surface area contributed by atoms with Crippen molar-refractivity contribution in [3.63, 3.8) is 0 Å². The summed E-state index contributed by atoms with van der Waals surface area (Å²) in [7, 11) is 1.76. The Labute approximate surface area is 194 Å². The molecule has 2 aliphatic heterocycles. The highest BCUT2D eigenvalue weighted by Gasteiger charge is 2.41. The number of carbonyl (C=O) groups is 1. The average molecular weight is 521 g/mol. The Balaban J connectivity index is 0.00000256. The van der Waals surface area contributed by atoms with Crippen LogP contribution in [0.2, 0.25) is 0 Å². The number of benzene rings is 2. The fraction of sp³-hybridized carbons (Fsp3) is 0.391. The number of nitrogens with one attached hydrogen (secondary N) is 2. The van der Waals surface area contributed by atoms with E-state index in [4.69, 9.17) is 9.47 Å². The highest BCUT2D eigenvalue weighted by Crippen LogP contribution is 2.34. The zero-order valence-electron chi connectivity index (χ0n) is 17.0. The summed E-state index contributed by atoms with van der Waals surface area (Å²) in [5.74, 6) is 0.431. The third kappa shape index (κ3) is 5.72. The predicted octanol–water partition coefficient (Wildman–Crippen LogP) is 3.65. The Bertz CT molecular complexity index is 875. The zero-order valence-corrected chi connectivity index (χ0v) is 19.4. The Morgan fingerprint density at radius 3 is 2.63 bits per heavy atom. The molecule has 3 unspecified atom stereocenters. The van der Waals surface area contributed by atoms with Gasteiger partial charge < -0.3 is 20.1 Å². The monoisotopic (exact) mass is 521 g/mol. The van der Waals surface area contributed by atoms with Gasteiger partial charge in [-0.25, -0.2) is 4.79 Å². The fourth-order valence-electron chi connectivity index (χ4n) is 3.96. The normalized spacial score (nSPS) is 22.3. The van der Waals surface area contributed by atoms with Gasteiger partial charge in [0, 0.05) is 13.6 Å². The minimum atomic E-state index is -0.322. The first-order chi connectivity index (χ1) is 14.2. The predicted molar refractivity (Wildman–Crippen MR) is 127 cm³/mol. The smallest absolute Gasteiger partial charge is 0.338 e. The van der Waals surface area contributed by atoms with Gasteiger partial charge in [-0.15, -0.1) is 24.0 Å². The van der Waals surface area contributed by atoms with Gasteiger partial charge in [0.25, 0.3) is 0 Å². The second kappa shape index (κ2) is 10.8. The second-order valence-corrected chi connectivity index (χ2v) is 7.55. The van der Waals surface area contributed by atoms with E-state index < -0.39 is 0 Å². The number of nitrogens with zero attached hydrogens (tertiary/aromatic N) is 1. The minimum absolute atomic E-state index is 0. The number of fused-ring (bicyclic) bond motifs is 2. The highest BCUT2D eigenvalue weighted by molar-refractivity contribution is 14.0. The summed E-state index contributed by atoms with van der Waals surface area (Å²) in [6.45, 7) is 0.839. The lowest BCUT2D eigenvalue weighted by molar-refractivity contribution is 0.0472.